The molecular formula is C21H27ClN4O3. The number of imide groups is 1. The Balaban J connectivity index is 1.36. The molecule has 4 amide bonds. The molecule has 8 heteroatoms. The van der Waals surface area contributed by atoms with Crippen molar-refractivity contribution in [2.24, 2.45) is 5.92 Å². The first-order chi connectivity index (χ1) is 13.9. The van der Waals surface area contributed by atoms with Gasteiger partial charge in [0.05, 0.1) is 0 Å². The second-order valence-corrected chi connectivity index (χ2v) is 8.72. The maximum Gasteiger partial charge on any atom is 0.325 e. The van der Waals surface area contributed by atoms with Gasteiger partial charge in [-0.3, -0.25) is 14.5 Å². The molecule has 1 aliphatic carbocycles. The number of hydrogen-bond acceptors (Lipinski definition) is 4. The van der Waals surface area contributed by atoms with E-state index in [1.165, 1.54) is 0 Å². The van der Waals surface area contributed by atoms with E-state index in [1.807, 2.05) is 31.2 Å². The third kappa shape index (κ3) is 3.68. The Bertz CT molecular complexity index is 824. The molecule has 0 aromatic heterocycles. The number of carbonyl (C=O) groups is 3. The molecule has 2 heterocycles. The molecular weight excluding hydrogens is 392 g/mol. The highest BCUT2D eigenvalue weighted by molar-refractivity contribution is 6.30. The summed E-state index contributed by atoms with van der Waals surface area (Å²) in [5, 5.41) is 3.59. The average molecular weight is 419 g/mol. The van der Waals surface area contributed by atoms with Crippen molar-refractivity contribution < 1.29 is 14.4 Å². The van der Waals surface area contributed by atoms with Crippen LogP contribution in [-0.2, 0) is 9.59 Å². The lowest BCUT2D eigenvalue weighted by molar-refractivity contribution is -0.140. The average Bonchev–Trinajstić information content (AvgIpc) is 2.95. The minimum Gasteiger partial charge on any atom is -0.368 e. The van der Waals surface area contributed by atoms with Gasteiger partial charge >= 0.3 is 6.03 Å². The Morgan fingerprint density at radius 3 is 2.66 bits per heavy atom. The Labute approximate surface area is 176 Å². The van der Waals surface area contributed by atoms with Gasteiger partial charge in [-0.25, -0.2) is 4.79 Å². The highest BCUT2D eigenvalue weighted by Crippen LogP contribution is 2.38. The summed E-state index contributed by atoms with van der Waals surface area (Å²) in [7, 11) is 0. The fourth-order valence-electron chi connectivity index (χ4n) is 4.76. The number of anilines is 1. The van der Waals surface area contributed by atoms with Crippen LogP contribution in [0.1, 0.15) is 32.6 Å². The first-order valence-electron chi connectivity index (χ1n) is 10.3. The summed E-state index contributed by atoms with van der Waals surface area (Å²) in [6.07, 6.45) is 3.56. The van der Waals surface area contributed by atoms with Gasteiger partial charge < -0.3 is 15.1 Å². The van der Waals surface area contributed by atoms with Gasteiger partial charge in [-0.2, -0.15) is 0 Å². The monoisotopic (exact) mass is 418 g/mol. The topological polar surface area (TPSA) is 73.0 Å². The fourth-order valence-corrected chi connectivity index (χ4v) is 4.95. The summed E-state index contributed by atoms with van der Waals surface area (Å²) >= 11 is 6.07. The number of benzene rings is 1. The summed E-state index contributed by atoms with van der Waals surface area (Å²) < 4.78 is 0. The molecule has 2 atom stereocenters. The van der Waals surface area contributed by atoms with E-state index in [0.717, 1.165) is 29.8 Å². The molecule has 1 saturated carbocycles. The molecule has 156 valence electrons. The van der Waals surface area contributed by atoms with E-state index in [2.05, 4.69) is 10.2 Å². The lowest BCUT2D eigenvalue weighted by Gasteiger charge is -2.37. The maximum atomic E-state index is 13.0. The summed E-state index contributed by atoms with van der Waals surface area (Å²) in [5.41, 5.74) is 0.216. The van der Waals surface area contributed by atoms with Crippen LogP contribution in [0.2, 0.25) is 5.02 Å². The zero-order chi connectivity index (χ0) is 20.6. The van der Waals surface area contributed by atoms with Gasteiger partial charge in [0.15, 0.2) is 0 Å². The van der Waals surface area contributed by atoms with Gasteiger partial charge in [0.1, 0.15) is 12.1 Å². The van der Waals surface area contributed by atoms with E-state index in [4.69, 9.17) is 11.6 Å². The fraction of sp³-hybridized carbons (Fsp3) is 0.571. The smallest absolute Gasteiger partial charge is 0.325 e. The van der Waals surface area contributed by atoms with Crippen molar-refractivity contribution in [2.75, 3.05) is 37.6 Å². The quantitative estimate of drug-likeness (QED) is 0.765. The molecule has 0 unspecified atom stereocenters. The zero-order valence-corrected chi connectivity index (χ0v) is 17.5. The van der Waals surface area contributed by atoms with Gasteiger partial charge in [-0.1, -0.05) is 37.4 Å². The molecule has 7 nitrogen and oxygen atoms in total. The van der Waals surface area contributed by atoms with E-state index in [-0.39, 0.29) is 24.3 Å². The van der Waals surface area contributed by atoms with E-state index in [0.29, 0.717) is 37.6 Å². The van der Waals surface area contributed by atoms with Crippen LogP contribution < -0.4 is 10.2 Å². The van der Waals surface area contributed by atoms with E-state index >= 15 is 0 Å². The molecule has 0 bridgehead atoms. The van der Waals surface area contributed by atoms with Crippen LogP contribution in [0.4, 0.5) is 10.5 Å². The van der Waals surface area contributed by atoms with Gasteiger partial charge in [-0.15, -0.1) is 0 Å². The van der Waals surface area contributed by atoms with Crippen molar-refractivity contribution >= 4 is 35.1 Å². The van der Waals surface area contributed by atoms with E-state index in [1.54, 1.807) is 4.90 Å². The van der Waals surface area contributed by atoms with Crippen molar-refractivity contribution in [1.82, 2.24) is 15.1 Å². The third-order valence-electron chi connectivity index (χ3n) is 6.60. The van der Waals surface area contributed by atoms with Crippen LogP contribution in [-0.4, -0.2) is 65.9 Å². The molecule has 1 spiro atoms. The van der Waals surface area contributed by atoms with E-state index < -0.39 is 11.6 Å². The molecule has 3 fully saturated rings. The normalized spacial score (nSPS) is 27.5. The van der Waals surface area contributed by atoms with Gasteiger partial charge in [-0.05, 0) is 37.0 Å². The van der Waals surface area contributed by atoms with Gasteiger partial charge in [0.25, 0.3) is 5.91 Å². The molecule has 1 N–H and O–H groups in total. The molecule has 2 aliphatic heterocycles. The molecule has 29 heavy (non-hydrogen) atoms. The van der Waals surface area contributed by atoms with Crippen molar-refractivity contribution in [3.8, 4) is 0 Å². The Kier molecular flexibility index (Phi) is 5.42. The SMILES string of the molecule is C[C@@H]1CCCC[C@]12NC(=O)N(CC(=O)N1CCN(c3cccc(Cl)c3)CC1)C2=O. The summed E-state index contributed by atoms with van der Waals surface area (Å²) in [4.78, 5) is 43.4. The van der Waals surface area contributed by atoms with Crippen molar-refractivity contribution in [3.63, 3.8) is 0 Å². The highest BCUT2D eigenvalue weighted by atomic mass is 35.5. The van der Waals surface area contributed by atoms with Crippen LogP contribution in [0.5, 0.6) is 0 Å². The summed E-state index contributed by atoms with van der Waals surface area (Å²) in [6.45, 7) is 4.31. The molecule has 1 aromatic carbocycles. The number of halogens is 1. The molecule has 1 aromatic rings. The van der Waals surface area contributed by atoms with Crippen LogP contribution in [0.25, 0.3) is 0 Å². The standard InChI is InChI=1S/C21H27ClN4O3/c1-15-5-2-3-8-21(15)19(28)26(20(29)23-21)14-18(27)25-11-9-24(10-12-25)17-7-4-6-16(22)13-17/h4,6-7,13,15H,2-3,5,8-12,14H2,1H3,(H,23,29)/t15-,21+/m1/s1. The number of nitrogens with one attached hydrogen (secondary N) is 1. The Hall–Kier alpha value is -2.28. The van der Waals surface area contributed by atoms with Gasteiger partial charge in [0, 0.05) is 36.9 Å². The zero-order valence-electron chi connectivity index (χ0n) is 16.7. The summed E-state index contributed by atoms with van der Waals surface area (Å²) in [5.74, 6) is -0.325. The van der Waals surface area contributed by atoms with Crippen LogP contribution >= 0.6 is 11.6 Å². The molecule has 0 radical (unpaired) electrons. The number of amides is 4. The predicted molar refractivity (Wildman–Crippen MR) is 111 cm³/mol. The van der Waals surface area contributed by atoms with Crippen LogP contribution in [0.3, 0.4) is 0 Å². The first-order valence-corrected chi connectivity index (χ1v) is 10.7. The van der Waals surface area contributed by atoms with Crippen molar-refractivity contribution in [3.05, 3.63) is 29.3 Å². The van der Waals surface area contributed by atoms with Crippen molar-refractivity contribution in [1.29, 1.82) is 0 Å². The Morgan fingerprint density at radius 2 is 1.97 bits per heavy atom. The number of hydrogen-bond donors (Lipinski definition) is 1. The Morgan fingerprint density at radius 1 is 1.21 bits per heavy atom. The number of carbonyl (C=O) groups excluding carboxylic acids is 3. The highest BCUT2D eigenvalue weighted by Gasteiger charge is 2.55. The minimum atomic E-state index is -0.819. The largest absolute Gasteiger partial charge is 0.368 e. The number of nitrogens with zero attached hydrogens (tertiary/aromatic N) is 3. The number of rotatable bonds is 3. The number of urea groups is 1. The second kappa shape index (κ2) is 7.86. The number of piperazine rings is 1. The third-order valence-corrected chi connectivity index (χ3v) is 6.84. The predicted octanol–water partition coefficient (Wildman–Crippen LogP) is 2.49. The van der Waals surface area contributed by atoms with Crippen LogP contribution in [0.15, 0.2) is 24.3 Å². The van der Waals surface area contributed by atoms with Crippen LogP contribution in [0, 0.1) is 5.92 Å². The lowest BCUT2D eigenvalue weighted by Crippen LogP contribution is -2.55. The first kappa shape index (κ1) is 20.0. The van der Waals surface area contributed by atoms with Crippen molar-refractivity contribution in [2.45, 2.75) is 38.1 Å². The maximum absolute atomic E-state index is 13.0. The lowest BCUT2D eigenvalue weighted by atomic mass is 9.73. The van der Waals surface area contributed by atoms with E-state index in [9.17, 15) is 14.4 Å². The molecule has 4 rings (SSSR count). The minimum absolute atomic E-state index is 0.0917. The molecule has 2 saturated heterocycles. The second-order valence-electron chi connectivity index (χ2n) is 8.29. The van der Waals surface area contributed by atoms with Gasteiger partial charge in [0.2, 0.25) is 5.91 Å². The summed E-state index contributed by atoms with van der Waals surface area (Å²) in [6, 6.07) is 7.23. The molecule has 3 aliphatic rings.